The summed E-state index contributed by atoms with van der Waals surface area (Å²) in [6.07, 6.45) is -2.37. The molecule has 0 radical (unpaired) electrons. The van der Waals surface area contributed by atoms with E-state index in [9.17, 15) is 14.6 Å². The van der Waals surface area contributed by atoms with Crippen LogP contribution in [0.15, 0.2) is 30.3 Å². The molecule has 0 aromatic heterocycles. The maximum absolute atomic E-state index is 13.8. The lowest BCUT2D eigenvalue weighted by molar-refractivity contribution is 0.000104. The summed E-state index contributed by atoms with van der Waals surface area (Å²) < 4.78 is 19.4. The molecule has 1 saturated heterocycles. The molecule has 5 rings (SSSR count). The van der Waals surface area contributed by atoms with Crippen molar-refractivity contribution < 1.29 is 19.3 Å². The molecule has 3 nitrogen and oxygen atoms in total. The van der Waals surface area contributed by atoms with Crippen molar-refractivity contribution in [1.29, 1.82) is 0 Å². The van der Waals surface area contributed by atoms with Crippen LogP contribution in [-0.2, 0) is 4.74 Å². The van der Waals surface area contributed by atoms with Crippen molar-refractivity contribution in [2.45, 2.75) is 38.3 Å². The number of hydrogen-bond donors (Lipinski definition) is 2. The van der Waals surface area contributed by atoms with Gasteiger partial charge in [-0.25, -0.2) is 4.39 Å². The van der Waals surface area contributed by atoms with Crippen LogP contribution in [0.3, 0.4) is 0 Å². The molecule has 2 N–H and O–H groups in total. The molecule has 0 amide bonds. The Bertz CT molecular complexity index is 1030. The van der Waals surface area contributed by atoms with Gasteiger partial charge in [0.15, 0.2) is 0 Å². The Hall–Kier alpha value is -2.01. The zero-order valence-electron chi connectivity index (χ0n) is 13.4. The van der Waals surface area contributed by atoms with Crippen LogP contribution < -0.4 is 0 Å². The zero-order valence-corrected chi connectivity index (χ0v) is 13.4. The van der Waals surface area contributed by atoms with E-state index < -0.39 is 12.2 Å². The molecule has 1 aliphatic carbocycles. The first-order valence-corrected chi connectivity index (χ1v) is 8.15. The second-order valence-corrected chi connectivity index (χ2v) is 6.89. The Morgan fingerprint density at radius 3 is 2.50 bits per heavy atom. The monoisotopic (exact) mass is 324 g/mol. The molecule has 24 heavy (non-hydrogen) atoms. The lowest BCUT2D eigenvalue weighted by Gasteiger charge is -2.26. The molecule has 3 aromatic carbocycles. The average molecular weight is 324 g/mol. The van der Waals surface area contributed by atoms with Crippen molar-refractivity contribution in [2.24, 2.45) is 0 Å². The number of rotatable bonds is 0. The van der Waals surface area contributed by atoms with Gasteiger partial charge in [0.05, 0.1) is 0 Å². The molecule has 2 aliphatic rings. The number of aryl methyl sites for hydroxylation is 2. The fraction of sp³-hybridized carbons (Fsp3) is 0.300. The molecule has 1 fully saturated rings. The van der Waals surface area contributed by atoms with E-state index in [0.29, 0.717) is 5.56 Å². The van der Waals surface area contributed by atoms with Crippen molar-refractivity contribution in [3.63, 3.8) is 0 Å². The van der Waals surface area contributed by atoms with Gasteiger partial charge in [0.25, 0.3) is 0 Å². The van der Waals surface area contributed by atoms with Crippen LogP contribution in [0.4, 0.5) is 4.39 Å². The molecule has 0 bridgehead atoms. The minimum absolute atomic E-state index is 0.189. The van der Waals surface area contributed by atoms with Gasteiger partial charge >= 0.3 is 0 Å². The third-order valence-corrected chi connectivity index (χ3v) is 5.64. The highest BCUT2D eigenvalue weighted by Crippen LogP contribution is 2.54. The molecule has 0 spiro atoms. The largest absolute Gasteiger partial charge is 0.387 e. The lowest BCUT2D eigenvalue weighted by atomic mass is 9.81. The van der Waals surface area contributed by atoms with Crippen LogP contribution >= 0.6 is 0 Å². The average Bonchev–Trinajstić information content (AvgIpc) is 3.37. The van der Waals surface area contributed by atoms with Crippen molar-refractivity contribution in [2.75, 3.05) is 0 Å². The molecule has 1 heterocycles. The Morgan fingerprint density at radius 2 is 1.71 bits per heavy atom. The molecule has 1 aliphatic heterocycles. The number of fused-ring (bicyclic) bond motifs is 6. The first-order valence-electron chi connectivity index (χ1n) is 8.15. The van der Waals surface area contributed by atoms with Gasteiger partial charge in [-0.2, -0.15) is 0 Å². The van der Waals surface area contributed by atoms with Crippen molar-refractivity contribution in [3.8, 4) is 0 Å². The normalized spacial score (nSPS) is 28.0. The number of hydrogen-bond acceptors (Lipinski definition) is 3. The van der Waals surface area contributed by atoms with Gasteiger partial charge in [0, 0.05) is 0 Å². The smallest absolute Gasteiger partial charge is 0.123 e. The highest BCUT2D eigenvalue weighted by molar-refractivity contribution is 6.07. The van der Waals surface area contributed by atoms with Crippen LogP contribution in [0.2, 0.25) is 0 Å². The fourth-order valence-corrected chi connectivity index (χ4v) is 4.33. The van der Waals surface area contributed by atoms with E-state index in [1.165, 1.54) is 6.07 Å². The van der Waals surface area contributed by atoms with Crippen LogP contribution in [0.25, 0.3) is 21.5 Å². The van der Waals surface area contributed by atoms with Gasteiger partial charge in [-0.15, -0.1) is 0 Å². The van der Waals surface area contributed by atoms with Crippen molar-refractivity contribution in [1.82, 2.24) is 0 Å². The van der Waals surface area contributed by atoms with E-state index in [1.807, 2.05) is 32.0 Å². The molecule has 3 aromatic rings. The molecular weight excluding hydrogens is 307 g/mol. The van der Waals surface area contributed by atoms with Gasteiger partial charge in [-0.1, -0.05) is 18.2 Å². The van der Waals surface area contributed by atoms with Crippen molar-refractivity contribution >= 4 is 21.5 Å². The summed E-state index contributed by atoms with van der Waals surface area (Å²) in [6, 6.07) is 8.74. The number of aliphatic hydroxyl groups is 2. The van der Waals surface area contributed by atoms with Crippen LogP contribution in [0.1, 0.15) is 34.5 Å². The van der Waals surface area contributed by atoms with E-state index in [1.54, 1.807) is 6.07 Å². The van der Waals surface area contributed by atoms with Crippen molar-refractivity contribution in [3.05, 3.63) is 58.4 Å². The predicted octanol–water partition coefficient (Wildman–Crippen LogP) is 3.60. The van der Waals surface area contributed by atoms with E-state index in [2.05, 4.69) is 0 Å². The summed E-state index contributed by atoms with van der Waals surface area (Å²) in [5.74, 6) is -0.259. The molecular formula is C20H17FO3. The topological polar surface area (TPSA) is 53.0 Å². The molecule has 0 unspecified atom stereocenters. The number of ether oxygens (including phenoxy) is 1. The Kier molecular flexibility index (Phi) is 2.71. The summed E-state index contributed by atoms with van der Waals surface area (Å²) in [5, 5.41) is 24.5. The van der Waals surface area contributed by atoms with Gasteiger partial charge in [-0.3, -0.25) is 0 Å². The number of aliphatic hydroxyl groups excluding tert-OH is 2. The highest BCUT2D eigenvalue weighted by atomic mass is 19.1. The van der Waals surface area contributed by atoms with Gasteiger partial charge in [-0.05, 0) is 69.8 Å². The van der Waals surface area contributed by atoms with E-state index in [4.69, 9.17) is 4.74 Å². The molecule has 4 heteroatoms. The van der Waals surface area contributed by atoms with Gasteiger partial charge in [0.1, 0.15) is 30.2 Å². The second-order valence-electron chi connectivity index (χ2n) is 6.89. The standard InChI is InChI=1S/C20H17FO3/c1-8-11-4-3-10(21)7-14(11)9(2)15-12(8)5-6-13-16(15)19-20(24-19)18(23)17(13)22/h3-7,17-20,22-23H,1-2H3/t17-,18+,19-,20+/m0/s1. The lowest BCUT2D eigenvalue weighted by Crippen LogP contribution is -2.29. The summed E-state index contributed by atoms with van der Waals surface area (Å²) >= 11 is 0. The number of halogens is 1. The molecule has 0 saturated carbocycles. The minimum atomic E-state index is -0.948. The molecule has 4 atom stereocenters. The van der Waals surface area contributed by atoms with Gasteiger partial charge in [0.2, 0.25) is 0 Å². The predicted molar refractivity (Wildman–Crippen MR) is 89.5 cm³/mol. The summed E-state index contributed by atoms with van der Waals surface area (Å²) in [5.41, 5.74) is 3.74. The Balaban J connectivity index is 1.96. The second kappa shape index (κ2) is 4.54. The van der Waals surface area contributed by atoms with E-state index in [0.717, 1.165) is 38.2 Å². The van der Waals surface area contributed by atoms with Gasteiger partial charge < -0.3 is 14.9 Å². The van der Waals surface area contributed by atoms with Crippen LogP contribution in [0.5, 0.6) is 0 Å². The summed E-state index contributed by atoms with van der Waals surface area (Å²) in [4.78, 5) is 0. The SMILES string of the molecule is Cc1c2ccc(F)cc2c(C)c2c3c(ccc12)[C@H](O)[C@@H](O)[C@H]1O[C@@H]31. The third kappa shape index (κ3) is 1.66. The zero-order chi connectivity index (χ0) is 16.7. The Labute approximate surface area is 138 Å². The number of benzene rings is 3. The summed E-state index contributed by atoms with van der Waals surface area (Å²) in [6.45, 7) is 4.02. The quantitative estimate of drug-likeness (QED) is 0.491. The first-order chi connectivity index (χ1) is 11.5. The van der Waals surface area contributed by atoms with Crippen LogP contribution in [-0.4, -0.2) is 22.4 Å². The Morgan fingerprint density at radius 1 is 0.958 bits per heavy atom. The molecule has 122 valence electrons. The highest BCUT2D eigenvalue weighted by Gasteiger charge is 2.54. The fourth-order valence-electron chi connectivity index (χ4n) is 4.33. The third-order valence-electron chi connectivity index (χ3n) is 5.64. The maximum atomic E-state index is 13.8. The summed E-state index contributed by atoms with van der Waals surface area (Å²) in [7, 11) is 0. The first kappa shape index (κ1) is 14.3. The maximum Gasteiger partial charge on any atom is 0.123 e. The number of epoxide rings is 1. The van der Waals surface area contributed by atoms with E-state index >= 15 is 0 Å². The van der Waals surface area contributed by atoms with Crippen LogP contribution in [0, 0.1) is 19.7 Å². The van der Waals surface area contributed by atoms with E-state index in [-0.39, 0.29) is 18.0 Å². The minimum Gasteiger partial charge on any atom is -0.387 e.